The average Bonchev–Trinajstić information content (AvgIpc) is 3.93. The Morgan fingerprint density at radius 2 is 1.55 bits per heavy atom. The zero-order chi connectivity index (χ0) is 47.8. The lowest BCUT2D eigenvalue weighted by Gasteiger charge is -2.36. The SMILES string of the molecule is CCCC(CC1=CCC(C)N=C(C(F)(F)F)C(CC)C1)C(=O)CC(Cc1cc(C)c(F)cc1F)N(C)C(=O)C1CCCN1C(=O)C(NC(=O)C1CCCN1C(=O)C(N)C(C)C)C(C)C. The standard InChI is InChI=1S/C48H71F5N6O5/c1-10-14-33(23-31-18-17-30(8)55-43(48(51,52)53)32(11-2)22-31)40(60)25-35(24-34-21-29(7)36(49)26-37(34)50)57(9)45(62)39-16-13-20-59(39)47(64)42(28(5)6)56-44(61)38-15-12-19-58(38)46(63)41(54)27(3)4/h18,21,26-28,30,32-33,35,38-39,41-42H,10-17,19-20,22-25,54H2,1-9H3,(H,56,61). The maximum absolute atomic E-state index is 15.4. The molecule has 64 heavy (non-hydrogen) atoms. The third-order valence-electron chi connectivity index (χ3n) is 13.4. The number of allylic oxidation sites excluding steroid dienone is 1. The molecule has 0 bridgehead atoms. The number of nitrogens with one attached hydrogen (secondary N) is 1. The van der Waals surface area contributed by atoms with Crippen molar-refractivity contribution in [2.75, 3.05) is 20.1 Å². The van der Waals surface area contributed by atoms with Crippen molar-refractivity contribution < 1.29 is 45.9 Å². The van der Waals surface area contributed by atoms with Crippen molar-refractivity contribution >= 4 is 35.1 Å². The van der Waals surface area contributed by atoms with Crippen molar-refractivity contribution in [2.45, 2.75) is 175 Å². The van der Waals surface area contributed by atoms with E-state index < -0.39 is 95.2 Å². The zero-order valence-electron chi connectivity index (χ0n) is 39.2. The number of ketones is 1. The Labute approximate surface area is 376 Å². The van der Waals surface area contributed by atoms with E-state index in [-0.39, 0.29) is 73.8 Å². The predicted octanol–water partition coefficient (Wildman–Crippen LogP) is 7.65. The first-order valence-electron chi connectivity index (χ1n) is 23.2. The molecule has 3 heterocycles. The summed E-state index contributed by atoms with van der Waals surface area (Å²) in [6, 6.07) is -2.98. The van der Waals surface area contributed by atoms with Gasteiger partial charge in [0.1, 0.15) is 41.3 Å². The van der Waals surface area contributed by atoms with E-state index in [1.165, 1.54) is 34.7 Å². The summed E-state index contributed by atoms with van der Waals surface area (Å²) in [4.78, 5) is 78.8. The number of rotatable bonds is 18. The van der Waals surface area contributed by atoms with Crippen LogP contribution in [0.2, 0.25) is 0 Å². The van der Waals surface area contributed by atoms with Crippen molar-refractivity contribution in [1.82, 2.24) is 20.0 Å². The number of hydrogen-bond acceptors (Lipinski definition) is 7. The Bertz CT molecular complexity index is 1900. The van der Waals surface area contributed by atoms with Gasteiger partial charge in [-0.05, 0) is 101 Å². The minimum Gasteiger partial charge on any atom is -0.342 e. The van der Waals surface area contributed by atoms with Gasteiger partial charge in [0.05, 0.1) is 12.1 Å². The van der Waals surface area contributed by atoms with E-state index in [1.807, 2.05) is 26.8 Å². The zero-order valence-corrected chi connectivity index (χ0v) is 39.2. The molecule has 0 aliphatic carbocycles. The van der Waals surface area contributed by atoms with E-state index in [2.05, 4.69) is 10.3 Å². The Morgan fingerprint density at radius 1 is 0.922 bits per heavy atom. The molecule has 0 saturated carbocycles. The van der Waals surface area contributed by atoms with E-state index in [9.17, 15) is 41.5 Å². The van der Waals surface area contributed by atoms with Crippen LogP contribution < -0.4 is 11.1 Å². The fourth-order valence-corrected chi connectivity index (χ4v) is 9.38. The van der Waals surface area contributed by atoms with Gasteiger partial charge in [-0.15, -0.1) is 0 Å². The van der Waals surface area contributed by atoms with Crippen LogP contribution in [0.3, 0.4) is 0 Å². The molecule has 16 heteroatoms. The molecular weight excluding hydrogens is 836 g/mol. The van der Waals surface area contributed by atoms with Crippen LogP contribution in [0.25, 0.3) is 0 Å². The lowest BCUT2D eigenvalue weighted by molar-refractivity contribution is -0.148. The molecule has 4 amide bonds. The molecule has 2 saturated heterocycles. The second-order valence-corrected chi connectivity index (χ2v) is 19.0. The topological polar surface area (TPSA) is 145 Å². The number of amides is 4. The fraction of sp³-hybridized carbons (Fsp3) is 0.708. The van der Waals surface area contributed by atoms with E-state index in [4.69, 9.17) is 5.73 Å². The summed E-state index contributed by atoms with van der Waals surface area (Å²) in [6.07, 6.45) is 0.584. The van der Waals surface area contributed by atoms with Crippen LogP contribution in [0, 0.1) is 42.2 Å². The number of likely N-dealkylation sites (N-methyl/N-ethyl adjacent to an activating group) is 1. The number of aliphatic imine (C=N–C) groups is 1. The maximum atomic E-state index is 15.4. The normalized spacial score (nSPS) is 22.6. The van der Waals surface area contributed by atoms with Gasteiger partial charge in [0.15, 0.2) is 0 Å². The molecule has 8 atom stereocenters. The minimum absolute atomic E-state index is 0.0978. The molecule has 1 aromatic carbocycles. The molecule has 3 aliphatic rings. The Hall–Kier alpha value is -4.21. The van der Waals surface area contributed by atoms with Gasteiger partial charge in [-0.3, -0.25) is 29.0 Å². The van der Waals surface area contributed by atoms with Crippen LogP contribution in [0.4, 0.5) is 22.0 Å². The van der Waals surface area contributed by atoms with E-state index >= 15 is 4.39 Å². The number of likely N-dealkylation sites (tertiary alicyclic amines) is 2. The Kier molecular flexibility index (Phi) is 18.7. The highest BCUT2D eigenvalue weighted by Gasteiger charge is 2.44. The summed E-state index contributed by atoms with van der Waals surface area (Å²) < 4.78 is 72.3. The lowest BCUT2D eigenvalue weighted by atomic mass is 9.81. The van der Waals surface area contributed by atoms with Crippen LogP contribution in [0.5, 0.6) is 0 Å². The number of benzene rings is 1. The first kappa shape index (κ1) is 52.4. The summed E-state index contributed by atoms with van der Waals surface area (Å²) in [5.74, 6) is -5.59. The number of nitrogens with zero attached hydrogens (tertiary/aromatic N) is 4. The third kappa shape index (κ3) is 13.0. The predicted molar refractivity (Wildman–Crippen MR) is 237 cm³/mol. The molecule has 0 radical (unpaired) electrons. The van der Waals surface area contributed by atoms with E-state index in [0.29, 0.717) is 45.1 Å². The number of halogens is 5. The number of hydrogen-bond donors (Lipinski definition) is 2. The molecule has 4 rings (SSSR count). The van der Waals surface area contributed by atoms with Crippen LogP contribution in [0.1, 0.15) is 130 Å². The molecule has 358 valence electrons. The highest BCUT2D eigenvalue weighted by atomic mass is 19.4. The van der Waals surface area contributed by atoms with Gasteiger partial charge in [0.2, 0.25) is 23.6 Å². The van der Waals surface area contributed by atoms with Crippen LogP contribution in [0.15, 0.2) is 28.8 Å². The molecule has 8 unspecified atom stereocenters. The van der Waals surface area contributed by atoms with Gasteiger partial charge in [-0.25, -0.2) is 8.78 Å². The molecule has 2 fully saturated rings. The highest BCUT2D eigenvalue weighted by Crippen LogP contribution is 2.35. The van der Waals surface area contributed by atoms with Crippen molar-refractivity contribution in [3.63, 3.8) is 0 Å². The molecule has 0 spiro atoms. The molecule has 11 nitrogen and oxygen atoms in total. The van der Waals surface area contributed by atoms with Gasteiger partial charge >= 0.3 is 6.18 Å². The lowest BCUT2D eigenvalue weighted by Crippen LogP contribution is -2.59. The van der Waals surface area contributed by atoms with Gasteiger partial charge < -0.3 is 25.8 Å². The average molecular weight is 907 g/mol. The Balaban J connectivity index is 1.60. The molecule has 3 aliphatic heterocycles. The number of nitrogens with two attached hydrogens (primary N) is 1. The summed E-state index contributed by atoms with van der Waals surface area (Å²) in [5.41, 5.74) is 6.39. The number of alkyl halides is 3. The molecular formula is C48H71F5N6O5. The third-order valence-corrected chi connectivity index (χ3v) is 13.4. The van der Waals surface area contributed by atoms with Gasteiger partial charge in [-0.1, -0.05) is 65.7 Å². The quantitative estimate of drug-likeness (QED) is 0.114. The van der Waals surface area contributed by atoms with Gasteiger partial charge in [-0.2, -0.15) is 13.2 Å². The summed E-state index contributed by atoms with van der Waals surface area (Å²) in [5, 5.41) is 2.88. The summed E-state index contributed by atoms with van der Waals surface area (Å²) >= 11 is 0. The minimum atomic E-state index is -4.58. The second kappa shape index (κ2) is 22.8. The number of carbonyl (C=O) groups is 5. The fourth-order valence-electron chi connectivity index (χ4n) is 9.38. The van der Waals surface area contributed by atoms with Crippen LogP contribution in [-0.4, -0.2) is 112 Å². The monoisotopic (exact) mass is 907 g/mol. The van der Waals surface area contributed by atoms with Crippen molar-refractivity contribution in [1.29, 1.82) is 0 Å². The summed E-state index contributed by atoms with van der Waals surface area (Å²) in [7, 11) is 1.50. The molecule has 3 N–H and O–H groups in total. The largest absolute Gasteiger partial charge is 0.429 e. The van der Waals surface area contributed by atoms with E-state index in [0.717, 1.165) is 11.6 Å². The van der Waals surface area contributed by atoms with E-state index in [1.54, 1.807) is 27.7 Å². The number of Topliss-reactive ketones (excluding diaryl/α,β-unsaturated/α-hetero) is 1. The van der Waals surface area contributed by atoms with Crippen LogP contribution in [-0.2, 0) is 30.4 Å². The van der Waals surface area contributed by atoms with Crippen molar-refractivity contribution in [3.05, 3.63) is 46.5 Å². The van der Waals surface area contributed by atoms with Gasteiger partial charge in [0.25, 0.3) is 0 Å². The summed E-state index contributed by atoms with van der Waals surface area (Å²) in [6.45, 7) is 14.5. The first-order chi connectivity index (χ1) is 30.0. The van der Waals surface area contributed by atoms with Crippen molar-refractivity contribution in [2.24, 2.45) is 34.4 Å². The first-order valence-corrected chi connectivity index (χ1v) is 23.2. The second-order valence-electron chi connectivity index (χ2n) is 19.0. The Morgan fingerprint density at radius 3 is 2.12 bits per heavy atom. The van der Waals surface area contributed by atoms with Crippen molar-refractivity contribution in [3.8, 4) is 0 Å². The maximum Gasteiger partial charge on any atom is 0.429 e. The smallest absolute Gasteiger partial charge is 0.342 e. The van der Waals surface area contributed by atoms with Crippen LogP contribution >= 0.6 is 0 Å². The van der Waals surface area contributed by atoms with Gasteiger partial charge in [0, 0.05) is 50.5 Å². The molecule has 1 aromatic rings. The molecule has 0 aromatic heterocycles. The highest BCUT2D eigenvalue weighted by molar-refractivity contribution is 5.96. The number of carbonyl (C=O) groups excluding carboxylic acids is 5. The number of aryl methyl sites for hydroxylation is 1.